The summed E-state index contributed by atoms with van der Waals surface area (Å²) >= 11 is 3.55. The van der Waals surface area contributed by atoms with Crippen LogP contribution in [0.3, 0.4) is 0 Å². The quantitative estimate of drug-likeness (QED) is 0.824. The molecule has 3 rings (SSSR count). The molecule has 3 nitrogen and oxygen atoms in total. The summed E-state index contributed by atoms with van der Waals surface area (Å²) in [5.41, 5.74) is 1.13. The number of rotatable bonds is 3. The zero-order valence-corrected chi connectivity index (χ0v) is 15.3. The largest absolute Gasteiger partial charge is 0.348 e. The smallest absolute Gasteiger partial charge is 0.237 e. The number of halogens is 2. The van der Waals surface area contributed by atoms with Gasteiger partial charge in [-0.1, -0.05) is 47.0 Å². The monoisotopic (exact) mass is 386 g/mol. The first-order chi connectivity index (χ1) is 10.1. The number of fused-ring (bicyclic) bond motifs is 1. The van der Waals surface area contributed by atoms with Crippen molar-refractivity contribution >= 4 is 34.2 Å². The minimum Gasteiger partial charge on any atom is -0.348 e. The lowest BCUT2D eigenvalue weighted by Gasteiger charge is -2.24. The number of carbonyl (C=O) groups excluding carboxylic acids is 1. The van der Waals surface area contributed by atoms with Gasteiger partial charge in [0.2, 0.25) is 5.91 Å². The minimum atomic E-state index is -0.0111. The molecule has 4 unspecified atom stereocenters. The molecule has 1 aromatic rings. The molecule has 1 heterocycles. The van der Waals surface area contributed by atoms with Crippen LogP contribution in [-0.4, -0.2) is 18.0 Å². The molecule has 2 N–H and O–H groups in total. The summed E-state index contributed by atoms with van der Waals surface area (Å²) in [6.07, 6.45) is 6.13. The average Bonchev–Trinajstić information content (AvgIpc) is 2.91. The molecule has 1 saturated heterocycles. The summed E-state index contributed by atoms with van der Waals surface area (Å²) in [5, 5.41) is 6.70. The van der Waals surface area contributed by atoms with Gasteiger partial charge >= 0.3 is 0 Å². The van der Waals surface area contributed by atoms with Crippen LogP contribution < -0.4 is 10.6 Å². The van der Waals surface area contributed by atoms with Crippen molar-refractivity contribution in [3.05, 3.63) is 34.3 Å². The zero-order chi connectivity index (χ0) is 14.8. The Morgan fingerprint density at radius 1 is 1.32 bits per heavy atom. The van der Waals surface area contributed by atoms with Gasteiger partial charge in [-0.05, 0) is 43.7 Å². The van der Waals surface area contributed by atoms with Crippen LogP contribution in [0.1, 0.15) is 50.6 Å². The third-order valence-corrected chi connectivity index (χ3v) is 5.63. The van der Waals surface area contributed by atoms with Crippen molar-refractivity contribution in [3.8, 4) is 0 Å². The van der Waals surface area contributed by atoms with Crippen molar-refractivity contribution < 1.29 is 4.79 Å². The van der Waals surface area contributed by atoms with Gasteiger partial charge < -0.3 is 10.6 Å². The van der Waals surface area contributed by atoms with Crippen LogP contribution in [0.2, 0.25) is 0 Å². The fourth-order valence-electron chi connectivity index (χ4n) is 3.74. The Bertz CT molecular complexity index is 511. The van der Waals surface area contributed by atoms with Crippen LogP contribution in [-0.2, 0) is 4.79 Å². The SMILES string of the molecule is CC(NC(=O)C1CC2CCCCC2N1)c1ccccc1Br.Cl. The van der Waals surface area contributed by atoms with Gasteiger partial charge in [-0.15, -0.1) is 12.4 Å². The first-order valence-electron chi connectivity index (χ1n) is 7.96. The van der Waals surface area contributed by atoms with Crippen molar-refractivity contribution in [3.63, 3.8) is 0 Å². The summed E-state index contributed by atoms with van der Waals surface area (Å²) in [5.74, 6) is 0.848. The molecule has 2 aliphatic rings. The van der Waals surface area contributed by atoms with Crippen LogP contribution in [0, 0.1) is 5.92 Å². The van der Waals surface area contributed by atoms with Crippen LogP contribution in [0.25, 0.3) is 0 Å². The highest BCUT2D eigenvalue weighted by molar-refractivity contribution is 9.10. The van der Waals surface area contributed by atoms with Crippen molar-refractivity contribution in [1.29, 1.82) is 0 Å². The molecule has 1 saturated carbocycles. The van der Waals surface area contributed by atoms with Crippen LogP contribution >= 0.6 is 28.3 Å². The molecule has 1 aliphatic carbocycles. The number of nitrogens with one attached hydrogen (secondary N) is 2. The number of amides is 1. The Balaban J connectivity index is 0.00000176. The van der Waals surface area contributed by atoms with Gasteiger partial charge in [-0.25, -0.2) is 0 Å². The molecule has 0 radical (unpaired) electrons. The first kappa shape index (κ1) is 17.8. The number of benzene rings is 1. The van der Waals surface area contributed by atoms with Crippen molar-refractivity contribution in [1.82, 2.24) is 10.6 Å². The van der Waals surface area contributed by atoms with Crippen molar-refractivity contribution in [2.24, 2.45) is 5.92 Å². The third-order valence-electron chi connectivity index (χ3n) is 4.91. The van der Waals surface area contributed by atoms with Gasteiger partial charge in [0.05, 0.1) is 12.1 Å². The van der Waals surface area contributed by atoms with Crippen LogP contribution in [0.5, 0.6) is 0 Å². The molecule has 0 spiro atoms. The Labute approximate surface area is 147 Å². The van der Waals surface area contributed by atoms with Gasteiger partial charge in [-0.3, -0.25) is 4.79 Å². The minimum absolute atomic E-state index is 0. The normalized spacial score (nSPS) is 28.4. The number of carbonyl (C=O) groups is 1. The topological polar surface area (TPSA) is 41.1 Å². The van der Waals surface area contributed by atoms with Crippen LogP contribution in [0.15, 0.2) is 28.7 Å². The molecule has 4 atom stereocenters. The molecule has 22 heavy (non-hydrogen) atoms. The van der Waals surface area contributed by atoms with Crippen molar-refractivity contribution in [2.75, 3.05) is 0 Å². The van der Waals surface area contributed by atoms with E-state index in [9.17, 15) is 4.79 Å². The average molecular weight is 388 g/mol. The fraction of sp³-hybridized carbons (Fsp3) is 0.588. The van der Waals surface area contributed by atoms with E-state index in [-0.39, 0.29) is 30.4 Å². The lowest BCUT2D eigenvalue weighted by molar-refractivity contribution is -0.123. The van der Waals surface area contributed by atoms with E-state index >= 15 is 0 Å². The highest BCUT2D eigenvalue weighted by atomic mass is 79.9. The van der Waals surface area contributed by atoms with Crippen molar-refractivity contribution in [2.45, 2.75) is 57.2 Å². The molecule has 1 amide bonds. The van der Waals surface area contributed by atoms with E-state index in [1.54, 1.807) is 0 Å². The second kappa shape index (κ2) is 7.80. The van der Waals surface area contributed by atoms with Gasteiger partial charge in [0.15, 0.2) is 0 Å². The Kier molecular flexibility index (Phi) is 6.30. The lowest BCUT2D eigenvalue weighted by Crippen LogP contribution is -2.43. The first-order valence-corrected chi connectivity index (χ1v) is 8.75. The van der Waals surface area contributed by atoms with E-state index in [1.165, 1.54) is 25.7 Å². The summed E-state index contributed by atoms with van der Waals surface area (Å²) in [6, 6.07) is 8.64. The Morgan fingerprint density at radius 2 is 2.05 bits per heavy atom. The Morgan fingerprint density at radius 3 is 2.77 bits per heavy atom. The summed E-state index contributed by atoms with van der Waals surface area (Å²) in [4.78, 5) is 12.5. The van der Waals surface area contributed by atoms with Gasteiger partial charge in [0, 0.05) is 10.5 Å². The van der Waals surface area contributed by atoms with Gasteiger partial charge in [0.1, 0.15) is 0 Å². The van der Waals surface area contributed by atoms with E-state index in [0.29, 0.717) is 12.0 Å². The molecule has 122 valence electrons. The molecule has 0 bridgehead atoms. The molecule has 1 aromatic carbocycles. The third kappa shape index (κ3) is 3.84. The molecular formula is C17H24BrClN2O. The molecule has 5 heteroatoms. The van der Waals surface area contributed by atoms with Gasteiger partial charge in [-0.2, -0.15) is 0 Å². The van der Waals surface area contributed by atoms with Gasteiger partial charge in [0.25, 0.3) is 0 Å². The summed E-state index contributed by atoms with van der Waals surface area (Å²) < 4.78 is 1.05. The molecule has 2 fully saturated rings. The maximum Gasteiger partial charge on any atom is 0.237 e. The Hall–Kier alpha value is -0.580. The van der Waals surface area contributed by atoms with E-state index < -0.39 is 0 Å². The zero-order valence-electron chi connectivity index (χ0n) is 12.8. The predicted octanol–water partition coefficient (Wildman–Crippen LogP) is 3.97. The molecular weight excluding hydrogens is 364 g/mol. The molecule has 0 aromatic heterocycles. The summed E-state index contributed by atoms with van der Waals surface area (Å²) in [7, 11) is 0. The number of hydrogen-bond acceptors (Lipinski definition) is 2. The van der Waals surface area contributed by atoms with E-state index in [0.717, 1.165) is 16.5 Å². The predicted molar refractivity (Wildman–Crippen MR) is 95.2 cm³/mol. The second-order valence-corrected chi connectivity index (χ2v) is 7.21. The fourth-order valence-corrected chi connectivity index (χ4v) is 4.37. The molecule has 1 aliphatic heterocycles. The maximum absolute atomic E-state index is 12.5. The second-order valence-electron chi connectivity index (χ2n) is 6.36. The van der Waals surface area contributed by atoms with E-state index in [1.807, 2.05) is 25.1 Å². The summed E-state index contributed by atoms with van der Waals surface area (Å²) in [6.45, 7) is 2.04. The van der Waals surface area contributed by atoms with Crippen LogP contribution in [0.4, 0.5) is 0 Å². The standard InChI is InChI=1S/C17H23BrN2O.ClH/c1-11(13-7-3-4-8-14(13)18)19-17(21)16-10-12-6-2-5-9-15(12)20-16;/h3-4,7-8,11-12,15-16,20H,2,5-6,9-10H2,1H3,(H,19,21);1H. The highest BCUT2D eigenvalue weighted by Gasteiger charge is 2.38. The number of hydrogen-bond donors (Lipinski definition) is 2. The lowest BCUT2D eigenvalue weighted by atomic mass is 9.85. The maximum atomic E-state index is 12.5. The van der Waals surface area contributed by atoms with E-state index in [2.05, 4.69) is 32.6 Å². The highest BCUT2D eigenvalue weighted by Crippen LogP contribution is 2.33. The van der Waals surface area contributed by atoms with E-state index in [4.69, 9.17) is 0 Å².